The molecule has 0 amide bonds. The third kappa shape index (κ3) is 6.28. The maximum atomic E-state index is 14.3. The fraction of sp³-hybridized carbons (Fsp3) is 0.733. The van der Waals surface area contributed by atoms with Crippen molar-refractivity contribution in [3.8, 4) is 0 Å². The Morgan fingerprint density at radius 2 is 1.59 bits per heavy atom. The highest BCUT2D eigenvalue weighted by Gasteiger charge is 2.71. The van der Waals surface area contributed by atoms with E-state index in [1.807, 2.05) is 7.05 Å². The molecule has 298 valence electrons. The fourth-order valence-electron chi connectivity index (χ4n) is 13.2. The third-order valence-corrected chi connectivity index (χ3v) is 16.4. The van der Waals surface area contributed by atoms with Gasteiger partial charge in [0.05, 0.1) is 17.4 Å². The Balaban J connectivity index is 1.32. The number of carboxylic acids is 1. The van der Waals surface area contributed by atoms with Crippen LogP contribution in [0.3, 0.4) is 0 Å². The summed E-state index contributed by atoms with van der Waals surface area (Å²) in [5, 5.41) is 13.5. The van der Waals surface area contributed by atoms with Gasteiger partial charge in [0.1, 0.15) is 12.2 Å². The molecule has 1 aromatic carbocycles. The van der Waals surface area contributed by atoms with Gasteiger partial charge in [-0.15, -0.1) is 0 Å². The smallest absolute Gasteiger partial charge is 0.338 e. The van der Waals surface area contributed by atoms with Crippen LogP contribution in [0.4, 0.5) is 0 Å². The summed E-state index contributed by atoms with van der Waals surface area (Å²) in [7, 11) is 1.88. The fourth-order valence-corrected chi connectivity index (χ4v) is 13.3. The molecule has 9 atom stereocenters. The molecule has 5 aliphatic carbocycles. The molecule has 6 rings (SSSR count). The highest BCUT2D eigenvalue weighted by atomic mass is 35.5. The molecular formula is C45H64ClNO7. The Hall–Kier alpha value is -2.71. The summed E-state index contributed by atoms with van der Waals surface area (Å²) in [4.78, 5) is 52.8. The molecule has 54 heavy (non-hydrogen) atoms. The summed E-state index contributed by atoms with van der Waals surface area (Å²) in [6.07, 6.45) is 7.04. The summed E-state index contributed by atoms with van der Waals surface area (Å²) >= 11 is 6.14. The van der Waals surface area contributed by atoms with Crippen LogP contribution in [0.1, 0.15) is 137 Å². The number of Topliss-reactive ketones (excluding diaryl/α,β-unsaturated/α-hetero) is 1. The number of hydrogen-bond donors (Lipinski definition) is 2. The van der Waals surface area contributed by atoms with Crippen molar-refractivity contribution >= 4 is 35.3 Å². The van der Waals surface area contributed by atoms with Crippen molar-refractivity contribution in [1.29, 1.82) is 0 Å². The van der Waals surface area contributed by atoms with Crippen LogP contribution in [0, 0.1) is 56.2 Å². The van der Waals surface area contributed by atoms with Gasteiger partial charge in [-0.3, -0.25) is 14.4 Å². The van der Waals surface area contributed by atoms with Crippen molar-refractivity contribution < 1.29 is 33.8 Å². The van der Waals surface area contributed by atoms with Gasteiger partial charge in [0.2, 0.25) is 0 Å². The second kappa shape index (κ2) is 14.0. The first-order valence-corrected chi connectivity index (χ1v) is 20.8. The minimum absolute atomic E-state index is 0.0116. The molecule has 0 spiro atoms. The number of likely N-dealkylation sites (N-methyl/N-ethyl adjacent to an activating group) is 1. The van der Waals surface area contributed by atoms with Crippen molar-refractivity contribution in [2.24, 2.45) is 56.2 Å². The lowest BCUT2D eigenvalue weighted by atomic mass is 9.33. The molecule has 0 aromatic heterocycles. The third-order valence-electron chi connectivity index (χ3n) is 16.2. The van der Waals surface area contributed by atoms with Gasteiger partial charge in [0.15, 0.2) is 5.78 Å². The van der Waals surface area contributed by atoms with E-state index in [0.29, 0.717) is 35.4 Å². The van der Waals surface area contributed by atoms with Crippen molar-refractivity contribution in [3.63, 3.8) is 0 Å². The first kappa shape index (κ1) is 40.9. The zero-order chi connectivity index (χ0) is 39.8. The van der Waals surface area contributed by atoms with Crippen molar-refractivity contribution in [1.82, 2.24) is 5.32 Å². The lowest BCUT2D eigenvalue weighted by Gasteiger charge is -2.72. The Morgan fingerprint density at radius 3 is 2.20 bits per heavy atom. The molecule has 0 saturated heterocycles. The average molecular weight is 766 g/mol. The summed E-state index contributed by atoms with van der Waals surface area (Å²) in [6.45, 7) is 20.0. The minimum atomic E-state index is -1.18. The number of hydrogen-bond acceptors (Lipinski definition) is 7. The van der Waals surface area contributed by atoms with Gasteiger partial charge in [-0.05, 0) is 148 Å². The molecule has 0 heterocycles. The number of carboxylic acid groups (broad SMARTS) is 1. The largest absolute Gasteiger partial charge is 0.481 e. The summed E-state index contributed by atoms with van der Waals surface area (Å²) in [6, 6.07) is 6.80. The highest BCUT2D eigenvalue weighted by Crippen LogP contribution is 2.77. The number of nitrogens with one attached hydrogen (secondary N) is 1. The van der Waals surface area contributed by atoms with E-state index < -0.39 is 34.8 Å². The van der Waals surface area contributed by atoms with E-state index in [0.717, 1.165) is 56.9 Å². The Morgan fingerprint density at radius 1 is 0.926 bits per heavy atom. The zero-order valence-corrected chi connectivity index (χ0v) is 35.1. The van der Waals surface area contributed by atoms with E-state index in [-0.39, 0.29) is 51.8 Å². The van der Waals surface area contributed by atoms with Gasteiger partial charge in [0, 0.05) is 28.8 Å². The SMILES string of the molecule is CNCC(OC(=O)c1ccc(Cl)cc1)C12CC[C@]3(C)[C@H](CCC4[C@@]5(C)CC[C@H](OC(=O)CC(C)(C)C(=O)O)C(C)(C)C5CC[C@]43C)C1=C(C(C)C)C(=O)C2. The molecule has 4 fully saturated rings. The molecule has 4 unspecified atom stereocenters. The first-order chi connectivity index (χ1) is 25.1. The first-order valence-electron chi connectivity index (χ1n) is 20.4. The van der Waals surface area contributed by atoms with E-state index in [4.69, 9.17) is 21.1 Å². The standard InChI is InChI=1S/C45H64ClNO7/c1-26(2)36-30(48)23-45(34(25-47-10)54-38(50)27-11-13-28(46)14-12-27)22-21-43(8)29(37(36)45)15-16-32-42(7)19-18-33(53-35(49)24-40(3,4)39(51)52)41(5,6)31(42)17-20-44(32,43)9/h11-14,26,29,31-34,47H,15-25H2,1-10H3,(H,51,52)/t29-,31?,32?,33+,34?,42+,43-,44-,45?/m1/s1. The molecule has 4 saturated carbocycles. The van der Waals surface area contributed by atoms with E-state index in [9.17, 15) is 24.3 Å². The maximum absolute atomic E-state index is 14.3. The van der Waals surface area contributed by atoms with Crippen molar-refractivity contribution in [2.45, 2.75) is 139 Å². The summed E-state index contributed by atoms with van der Waals surface area (Å²) in [5.41, 5.74) is 0.663. The Labute approximate surface area is 327 Å². The van der Waals surface area contributed by atoms with E-state index in [1.165, 1.54) is 5.57 Å². The van der Waals surface area contributed by atoms with E-state index >= 15 is 0 Å². The maximum Gasteiger partial charge on any atom is 0.338 e. The highest BCUT2D eigenvalue weighted by molar-refractivity contribution is 6.30. The summed E-state index contributed by atoms with van der Waals surface area (Å²) < 4.78 is 12.6. The van der Waals surface area contributed by atoms with Gasteiger partial charge in [-0.25, -0.2) is 4.79 Å². The number of halogens is 1. The number of ketones is 1. The molecular weight excluding hydrogens is 702 g/mol. The molecule has 9 heteroatoms. The number of rotatable bonds is 10. The monoisotopic (exact) mass is 765 g/mol. The topological polar surface area (TPSA) is 119 Å². The Kier molecular flexibility index (Phi) is 10.6. The number of ether oxygens (including phenoxy) is 2. The molecule has 2 N–H and O–H groups in total. The molecule has 8 nitrogen and oxygen atoms in total. The predicted octanol–water partition coefficient (Wildman–Crippen LogP) is 9.48. The van der Waals surface area contributed by atoms with Crippen LogP contribution in [0.2, 0.25) is 5.02 Å². The van der Waals surface area contributed by atoms with Gasteiger partial charge in [-0.1, -0.05) is 60.1 Å². The van der Waals surface area contributed by atoms with Gasteiger partial charge >= 0.3 is 17.9 Å². The predicted molar refractivity (Wildman–Crippen MR) is 210 cm³/mol. The van der Waals surface area contributed by atoms with Gasteiger partial charge in [-0.2, -0.15) is 0 Å². The van der Waals surface area contributed by atoms with Crippen LogP contribution in [0.5, 0.6) is 0 Å². The average Bonchev–Trinajstić information content (AvgIpc) is 3.39. The number of carbonyl (C=O) groups excluding carboxylic acids is 3. The second-order valence-corrected chi connectivity index (χ2v) is 20.5. The van der Waals surface area contributed by atoms with Crippen molar-refractivity contribution in [2.75, 3.05) is 13.6 Å². The number of aliphatic carboxylic acids is 1. The van der Waals surface area contributed by atoms with Crippen molar-refractivity contribution in [3.05, 3.63) is 46.0 Å². The molecule has 0 radical (unpaired) electrons. The quantitative estimate of drug-likeness (QED) is 0.226. The lowest BCUT2D eigenvalue weighted by Crippen LogP contribution is -2.66. The van der Waals surface area contributed by atoms with E-state index in [2.05, 4.69) is 53.8 Å². The lowest BCUT2D eigenvalue weighted by molar-refractivity contribution is -0.235. The van der Waals surface area contributed by atoms with Crippen LogP contribution in [0.25, 0.3) is 0 Å². The van der Waals surface area contributed by atoms with Crippen LogP contribution in [-0.4, -0.2) is 54.6 Å². The van der Waals surface area contributed by atoms with Gasteiger partial charge in [0.25, 0.3) is 0 Å². The van der Waals surface area contributed by atoms with Crippen LogP contribution in [0.15, 0.2) is 35.4 Å². The van der Waals surface area contributed by atoms with E-state index in [1.54, 1.807) is 38.1 Å². The minimum Gasteiger partial charge on any atom is -0.481 e. The molecule has 5 aliphatic rings. The second-order valence-electron chi connectivity index (χ2n) is 20.0. The normalized spacial score (nSPS) is 36.4. The Bertz CT molecular complexity index is 1710. The van der Waals surface area contributed by atoms with Crippen LogP contribution >= 0.6 is 11.6 Å². The zero-order valence-electron chi connectivity index (χ0n) is 34.3. The van der Waals surface area contributed by atoms with Gasteiger partial charge < -0.3 is 19.9 Å². The molecule has 0 bridgehead atoms. The number of fused-ring (bicyclic) bond motifs is 7. The molecule has 1 aromatic rings. The number of carbonyl (C=O) groups is 4. The number of benzene rings is 1. The number of allylic oxidation sites excluding steroid dienone is 1. The van der Waals surface area contributed by atoms with Crippen LogP contribution < -0.4 is 5.32 Å². The number of esters is 2. The van der Waals surface area contributed by atoms with Crippen LogP contribution in [-0.2, 0) is 23.9 Å². The molecule has 0 aliphatic heterocycles. The summed E-state index contributed by atoms with van der Waals surface area (Å²) in [5.74, 6) is -0.552.